The third-order valence-electron chi connectivity index (χ3n) is 6.71. The summed E-state index contributed by atoms with van der Waals surface area (Å²) < 4.78 is 38.4. The number of halogens is 1. The number of carboxylic acids is 1. The van der Waals surface area contributed by atoms with Crippen LogP contribution in [0.15, 0.2) is 70.0 Å². The topological polar surface area (TPSA) is 102 Å². The van der Waals surface area contributed by atoms with Crippen LogP contribution < -0.4 is 14.5 Å². The minimum absolute atomic E-state index is 0.0122. The molecule has 0 aromatic heterocycles. The molecule has 10 heteroatoms. The maximum Gasteiger partial charge on any atom is 0.337 e. The molecule has 0 spiro atoms. The molecule has 0 radical (unpaired) electrons. The number of nitrogens with one attached hydrogen (secondary N) is 1. The van der Waals surface area contributed by atoms with Gasteiger partial charge in [0.15, 0.2) is 9.84 Å². The summed E-state index contributed by atoms with van der Waals surface area (Å²) in [7, 11) is -5.69. The van der Waals surface area contributed by atoms with Crippen molar-refractivity contribution in [3.63, 3.8) is 0 Å². The van der Waals surface area contributed by atoms with Gasteiger partial charge in [0.1, 0.15) is 24.0 Å². The fourth-order valence-electron chi connectivity index (χ4n) is 3.48. The van der Waals surface area contributed by atoms with Crippen LogP contribution in [0.1, 0.15) is 42.3 Å². The first kappa shape index (κ1) is 31.3. The first-order valence-corrected chi connectivity index (χ1v) is 18.0. The van der Waals surface area contributed by atoms with Crippen LogP contribution >= 0.6 is 15.9 Å². The van der Waals surface area contributed by atoms with Crippen LogP contribution in [0.5, 0.6) is 11.5 Å². The average Bonchev–Trinajstić information content (AvgIpc) is 2.85. The van der Waals surface area contributed by atoms with Gasteiger partial charge in [-0.2, -0.15) is 0 Å². The van der Waals surface area contributed by atoms with Crippen molar-refractivity contribution >= 4 is 45.7 Å². The smallest absolute Gasteiger partial charge is 0.337 e. The maximum atomic E-state index is 12.9. The molecule has 0 fully saturated rings. The van der Waals surface area contributed by atoms with Crippen molar-refractivity contribution < 1.29 is 27.5 Å². The van der Waals surface area contributed by atoms with E-state index in [-0.39, 0.29) is 27.8 Å². The van der Waals surface area contributed by atoms with Crippen molar-refractivity contribution in [1.82, 2.24) is 0 Å². The lowest BCUT2D eigenvalue weighted by Gasteiger charge is -2.36. The van der Waals surface area contributed by atoms with Gasteiger partial charge in [0.25, 0.3) is 0 Å². The summed E-state index contributed by atoms with van der Waals surface area (Å²) in [6.45, 7) is 12.8. The van der Waals surface area contributed by atoms with Crippen molar-refractivity contribution in [2.75, 3.05) is 17.8 Å². The highest BCUT2D eigenvalue weighted by Gasteiger charge is 2.38. The number of rotatable bonds is 9. The van der Waals surface area contributed by atoms with E-state index in [1.165, 1.54) is 18.2 Å². The third-order valence-corrected chi connectivity index (χ3v) is 13.0. The van der Waals surface area contributed by atoms with Gasteiger partial charge < -0.3 is 19.6 Å². The number of carboxylic acid groups (broad SMARTS) is 1. The van der Waals surface area contributed by atoms with Gasteiger partial charge in [-0.15, -0.1) is 0 Å². The van der Waals surface area contributed by atoms with Crippen LogP contribution in [0.25, 0.3) is 0 Å². The lowest BCUT2D eigenvalue weighted by molar-refractivity contribution is 0.0697. The molecule has 0 aliphatic rings. The number of anilines is 1. The summed E-state index contributed by atoms with van der Waals surface area (Å²) in [6.07, 6.45) is 0. The molecule has 0 unspecified atom stereocenters. The SMILES string of the molecule is Cc1cc(Br)cc(C(=O)O)c1NCS(=O)(=O)c1ccc(OCC#Cc2cccc(O[Si](C)(C)C(C)(C)C)c2)cc1. The number of aromatic carboxylic acids is 1. The molecule has 2 N–H and O–H groups in total. The lowest BCUT2D eigenvalue weighted by atomic mass is 10.1. The second-order valence-corrected chi connectivity index (χ2v) is 18.5. The van der Waals surface area contributed by atoms with E-state index in [0.29, 0.717) is 15.8 Å². The Balaban J connectivity index is 1.61. The fraction of sp³-hybridized carbons (Fsp3) is 0.300. The number of benzene rings is 3. The second-order valence-electron chi connectivity index (χ2n) is 10.8. The number of hydrogen-bond acceptors (Lipinski definition) is 6. The molecule has 7 nitrogen and oxygen atoms in total. The summed E-state index contributed by atoms with van der Waals surface area (Å²) in [4.78, 5) is 11.7. The highest BCUT2D eigenvalue weighted by atomic mass is 79.9. The first-order valence-electron chi connectivity index (χ1n) is 12.6. The van der Waals surface area contributed by atoms with Gasteiger partial charge in [-0.3, -0.25) is 0 Å². The van der Waals surface area contributed by atoms with E-state index in [0.717, 1.165) is 11.3 Å². The zero-order valence-electron chi connectivity index (χ0n) is 23.5. The van der Waals surface area contributed by atoms with Crippen LogP contribution in [0, 0.1) is 18.8 Å². The van der Waals surface area contributed by atoms with Crippen LogP contribution in [0.4, 0.5) is 5.69 Å². The van der Waals surface area contributed by atoms with Crippen molar-refractivity contribution in [3.8, 4) is 23.3 Å². The molecule has 40 heavy (non-hydrogen) atoms. The zero-order valence-corrected chi connectivity index (χ0v) is 26.9. The van der Waals surface area contributed by atoms with E-state index < -0.39 is 30.0 Å². The Hall–Kier alpha value is -3.26. The molecule has 0 saturated heterocycles. The quantitative estimate of drug-likeness (QED) is 0.189. The summed E-state index contributed by atoms with van der Waals surface area (Å²) in [5.41, 5.74) is 1.68. The van der Waals surface area contributed by atoms with E-state index in [4.69, 9.17) is 9.16 Å². The van der Waals surface area contributed by atoms with E-state index in [1.54, 1.807) is 25.1 Å². The summed E-state index contributed by atoms with van der Waals surface area (Å²) in [5, 5.41) is 12.4. The van der Waals surface area contributed by atoms with E-state index in [2.05, 4.69) is 67.0 Å². The molecular formula is C30H34BrNO6SSi. The molecule has 212 valence electrons. The maximum absolute atomic E-state index is 12.9. The molecular weight excluding hydrogens is 610 g/mol. The van der Waals surface area contributed by atoms with Crippen LogP contribution in [0.3, 0.4) is 0 Å². The Morgan fingerprint density at radius 3 is 2.35 bits per heavy atom. The van der Waals surface area contributed by atoms with E-state index in [9.17, 15) is 18.3 Å². The average molecular weight is 645 g/mol. The summed E-state index contributed by atoms with van der Waals surface area (Å²) in [5.74, 6) is 5.74. The molecule has 0 atom stereocenters. The normalized spacial score (nSPS) is 11.8. The minimum atomic E-state index is -3.74. The van der Waals surface area contributed by atoms with E-state index >= 15 is 0 Å². The summed E-state index contributed by atoms with van der Waals surface area (Å²) in [6, 6.07) is 16.9. The highest BCUT2D eigenvalue weighted by molar-refractivity contribution is 9.10. The Bertz CT molecular complexity index is 1550. The molecule has 0 bridgehead atoms. The Labute approximate surface area is 246 Å². The molecule has 0 aliphatic heterocycles. The van der Waals surface area contributed by atoms with Gasteiger partial charge in [0.05, 0.1) is 16.1 Å². The minimum Gasteiger partial charge on any atom is -0.543 e. The third kappa shape index (κ3) is 8.13. The van der Waals surface area contributed by atoms with Gasteiger partial charge in [0.2, 0.25) is 8.32 Å². The Kier molecular flexibility index (Phi) is 9.77. The van der Waals surface area contributed by atoms with Crippen molar-refractivity contribution in [2.45, 2.75) is 50.7 Å². The molecule has 3 aromatic carbocycles. The Morgan fingerprint density at radius 2 is 1.73 bits per heavy atom. The monoisotopic (exact) mass is 643 g/mol. The number of carbonyl (C=O) groups is 1. The number of hydrogen-bond donors (Lipinski definition) is 2. The predicted molar refractivity (Wildman–Crippen MR) is 165 cm³/mol. The van der Waals surface area contributed by atoms with E-state index in [1.807, 2.05) is 24.3 Å². The van der Waals surface area contributed by atoms with Crippen molar-refractivity contribution in [3.05, 3.63) is 81.8 Å². The van der Waals surface area contributed by atoms with Crippen LogP contribution in [0.2, 0.25) is 18.1 Å². The predicted octanol–water partition coefficient (Wildman–Crippen LogP) is 7.11. The number of ether oxygens (including phenoxy) is 1. The largest absolute Gasteiger partial charge is 0.543 e. The van der Waals surface area contributed by atoms with Gasteiger partial charge in [0, 0.05) is 10.0 Å². The molecule has 0 aliphatic carbocycles. The van der Waals surface area contributed by atoms with Crippen molar-refractivity contribution in [2.24, 2.45) is 0 Å². The summed E-state index contributed by atoms with van der Waals surface area (Å²) >= 11 is 3.27. The lowest BCUT2D eigenvalue weighted by Crippen LogP contribution is -2.43. The molecule has 3 aromatic rings. The zero-order chi connectivity index (χ0) is 29.7. The molecule has 0 amide bonds. The first-order chi connectivity index (χ1) is 18.6. The van der Waals surface area contributed by atoms with Crippen LogP contribution in [-0.2, 0) is 9.84 Å². The standard InChI is InChI=1S/C30H34BrNO6SSi/c1-21-17-23(31)19-27(29(33)34)28(21)32-20-39(35,36)26-14-12-24(13-15-26)37-16-8-10-22-9-7-11-25(18-22)38-40(5,6)30(2,3)4/h7,9,11-15,17-19,32H,16,20H2,1-6H3,(H,33,34). The van der Waals surface area contributed by atoms with Gasteiger partial charge >= 0.3 is 5.97 Å². The van der Waals surface area contributed by atoms with Gasteiger partial charge in [-0.05, 0) is 85.2 Å². The fourth-order valence-corrected chi connectivity index (χ4v) is 6.13. The Morgan fingerprint density at radius 1 is 1.05 bits per heavy atom. The van der Waals surface area contributed by atoms with Gasteiger partial charge in [-0.25, -0.2) is 13.2 Å². The molecule has 0 saturated carbocycles. The highest BCUT2D eigenvalue weighted by Crippen LogP contribution is 2.37. The molecule has 3 rings (SSSR count). The van der Waals surface area contributed by atoms with Gasteiger partial charge in [-0.1, -0.05) is 54.6 Å². The number of aryl methyl sites for hydroxylation is 1. The second kappa shape index (κ2) is 12.5. The van der Waals surface area contributed by atoms with Crippen molar-refractivity contribution in [1.29, 1.82) is 0 Å². The molecule has 0 heterocycles. The van der Waals surface area contributed by atoms with Crippen LogP contribution in [-0.4, -0.2) is 40.3 Å². The number of sulfone groups is 1.